The van der Waals surface area contributed by atoms with Crippen molar-refractivity contribution in [2.45, 2.75) is 25.3 Å². The summed E-state index contributed by atoms with van der Waals surface area (Å²) < 4.78 is 0. The maximum Gasteiger partial charge on any atom is 0.216 e. The predicted octanol–water partition coefficient (Wildman–Crippen LogP) is 6.57. The largest absolute Gasteiger partial charge is 0.358 e. The molecule has 6 heteroatoms. The van der Waals surface area contributed by atoms with Crippen molar-refractivity contribution in [2.75, 3.05) is 13.1 Å². The van der Waals surface area contributed by atoms with Crippen molar-refractivity contribution in [2.24, 2.45) is 0 Å². The van der Waals surface area contributed by atoms with Gasteiger partial charge in [-0.25, -0.2) is 0 Å². The number of likely N-dealkylation sites (tertiary alicyclic amines) is 1. The van der Waals surface area contributed by atoms with Crippen molar-refractivity contribution in [3.8, 4) is 0 Å². The lowest BCUT2D eigenvalue weighted by atomic mass is 9.89. The Bertz CT molecular complexity index is 963. The van der Waals surface area contributed by atoms with Crippen LogP contribution in [0, 0.1) is 0 Å². The topological polar surface area (TPSA) is 23.6 Å². The van der Waals surface area contributed by atoms with Gasteiger partial charge in [-0.05, 0) is 66.3 Å². The Morgan fingerprint density at radius 2 is 1.55 bits per heavy atom. The average Bonchev–Trinajstić information content (AvgIpc) is 2.74. The lowest BCUT2D eigenvalue weighted by Gasteiger charge is -2.42. The quantitative estimate of drug-likeness (QED) is 0.495. The fourth-order valence-electron chi connectivity index (χ4n) is 4.07. The monoisotopic (exact) mass is 446 g/mol. The number of carbonyl (C=O) groups is 1. The minimum absolute atomic E-state index is 0.347. The molecule has 1 amide bonds. The first-order valence-electron chi connectivity index (χ1n) is 9.70. The number of amides is 1. The van der Waals surface area contributed by atoms with E-state index in [0.717, 1.165) is 54.9 Å². The molecular formula is C23H21Cl3N2O. The Labute approximate surface area is 186 Å². The molecule has 1 fully saturated rings. The number of rotatable bonds is 4. The fraction of sp³-hybridized carbons (Fsp3) is 0.261. The summed E-state index contributed by atoms with van der Waals surface area (Å²) in [7, 11) is 0. The molecule has 2 aromatic carbocycles. The van der Waals surface area contributed by atoms with Gasteiger partial charge in [-0.3, -0.25) is 9.69 Å². The molecule has 0 saturated carbocycles. The standard InChI is InChI=1S/C23H21Cl3N2O/c24-17-6-4-16(5-7-17)19-10-11-22(27-12-2-1-3-13-27)28(15-29)23(19)20-9-8-18(25)14-21(20)26/h4-11,14-15,23H,1-3,12-13H2. The van der Waals surface area contributed by atoms with Crippen molar-refractivity contribution in [3.05, 3.63) is 86.6 Å². The zero-order valence-electron chi connectivity index (χ0n) is 15.8. The first-order valence-corrected chi connectivity index (χ1v) is 10.8. The molecule has 0 aromatic heterocycles. The van der Waals surface area contributed by atoms with E-state index in [9.17, 15) is 4.79 Å². The zero-order valence-corrected chi connectivity index (χ0v) is 18.1. The molecule has 1 unspecified atom stereocenters. The van der Waals surface area contributed by atoms with E-state index in [4.69, 9.17) is 34.8 Å². The average molecular weight is 448 g/mol. The third-order valence-corrected chi connectivity index (χ3v) is 6.29. The number of hydrogen-bond acceptors (Lipinski definition) is 2. The van der Waals surface area contributed by atoms with Gasteiger partial charge in [0.25, 0.3) is 0 Å². The predicted molar refractivity (Wildman–Crippen MR) is 120 cm³/mol. The lowest BCUT2D eigenvalue weighted by Crippen LogP contribution is -2.41. The number of piperidine rings is 1. The van der Waals surface area contributed by atoms with Crippen molar-refractivity contribution in [1.82, 2.24) is 9.80 Å². The molecule has 0 spiro atoms. The molecule has 0 N–H and O–H groups in total. The van der Waals surface area contributed by atoms with Gasteiger partial charge < -0.3 is 4.90 Å². The first-order chi connectivity index (χ1) is 14.1. The highest BCUT2D eigenvalue weighted by Gasteiger charge is 2.33. The number of halogens is 3. The molecule has 3 nitrogen and oxygen atoms in total. The van der Waals surface area contributed by atoms with Gasteiger partial charge in [-0.15, -0.1) is 0 Å². The van der Waals surface area contributed by atoms with Gasteiger partial charge in [0.15, 0.2) is 0 Å². The summed E-state index contributed by atoms with van der Waals surface area (Å²) in [6, 6.07) is 12.7. The van der Waals surface area contributed by atoms with Crippen molar-refractivity contribution >= 4 is 46.8 Å². The maximum absolute atomic E-state index is 12.3. The van der Waals surface area contributed by atoms with Crippen LogP contribution in [0.2, 0.25) is 15.1 Å². The molecule has 2 aromatic rings. The van der Waals surface area contributed by atoms with E-state index in [-0.39, 0.29) is 6.04 Å². The number of nitrogens with zero attached hydrogens (tertiary/aromatic N) is 2. The van der Waals surface area contributed by atoms with Gasteiger partial charge in [0, 0.05) is 28.2 Å². The Kier molecular flexibility index (Phi) is 6.19. The Morgan fingerprint density at radius 1 is 0.862 bits per heavy atom. The fourth-order valence-corrected chi connectivity index (χ4v) is 4.71. The third kappa shape index (κ3) is 4.18. The highest BCUT2D eigenvalue weighted by atomic mass is 35.5. The van der Waals surface area contributed by atoms with Gasteiger partial charge in [0.2, 0.25) is 6.41 Å². The summed E-state index contributed by atoms with van der Waals surface area (Å²) in [6.45, 7) is 1.89. The van der Waals surface area contributed by atoms with E-state index in [0.29, 0.717) is 15.1 Å². The normalized spacial score (nSPS) is 19.6. The van der Waals surface area contributed by atoms with Crippen LogP contribution in [-0.4, -0.2) is 29.3 Å². The first kappa shape index (κ1) is 20.3. The van der Waals surface area contributed by atoms with Gasteiger partial charge in [0.05, 0.1) is 6.04 Å². The lowest BCUT2D eigenvalue weighted by molar-refractivity contribution is -0.118. The van der Waals surface area contributed by atoms with Gasteiger partial charge >= 0.3 is 0 Å². The Morgan fingerprint density at radius 3 is 2.21 bits per heavy atom. The molecule has 29 heavy (non-hydrogen) atoms. The minimum atomic E-state index is -0.347. The van der Waals surface area contributed by atoms with Gasteiger partial charge in [-0.2, -0.15) is 0 Å². The van der Waals surface area contributed by atoms with Gasteiger partial charge in [0.1, 0.15) is 5.82 Å². The van der Waals surface area contributed by atoms with Crippen LogP contribution in [-0.2, 0) is 4.79 Å². The van der Waals surface area contributed by atoms with E-state index in [2.05, 4.69) is 11.0 Å². The summed E-state index contributed by atoms with van der Waals surface area (Å²) in [5.41, 5.74) is 2.82. The molecule has 2 heterocycles. The maximum atomic E-state index is 12.3. The third-order valence-electron chi connectivity index (χ3n) is 5.48. The van der Waals surface area contributed by atoms with Crippen molar-refractivity contribution in [3.63, 3.8) is 0 Å². The van der Waals surface area contributed by atoms with Crippen LogP contribution >= 0.6 is 34.8 Å². The minimum Gasteiger partial charge on any atom is -0.358 e. The highest BCUT2D eigenvalue weighted by Crippen LogP contribution is 2.43. The molecule has 1 atom stereocenters. The zero-order chi connectivity index (χ0) is 20.4. The second-order valence-electron chi connectivity index (χ2n) is 7.28. The molecule has 4 rings (SSSR count). The van der Waals surface area contributed by atoms with Crippen molar-refractivity contribution in [1.29, 1.82) is 0 Å². The summed E-state index contributed by atoms with van der Waals surface area (Å²) in [6.07, 6.45) is 8.50. The van der Waals surface area contributed by atoms with Crippen LogP contribution < -0.4 is 0 Å². The van der Waals surface area contributed by atoms with Crippen LogP contribution in [0.25, 0.3) is 5.57 Å². The molecule has 0 bridgehead atoms. The number of hydrogen-bond donors (Lipinski definition) is 0. The molecule has 150 valence electrons. The summed E-state index contributed by atoms with van der Waals surface area (Å²) in [5.74, 6) is 0.911. The molecule has 1 saturated heterocycles. The van der Waals surface area contributed by atoms with Crippen LogP contribution in [0.5, 0.6) is 0 Å². The van der Waals surface area contributed by atoms with E-state index < -0.39 is 0 Å². The van der Waals surface area contributed by atoms with Crippen LogP contribution in [0.4, 0.5) is 0 Å². The van der Waals surface area contributed by atoms with E-state index >= 15 is 0 Å². The summed E-state index contributed by atoms with van der Waals surface area (Å²) >= 11 is 18.8. The van der Waals surface area contributed by atoms with Crippen molar-refractivity contribution < 1.29 is 4.79 Å². The van der Waals surface area contributed by atoms with Crippen LogP contribution in [0.3, 0.4) is 0 Å². The summed E-state index contributed by atoms with van der Waals surface area (Å²) in [5, 5.41) is 1.77. The van der Waals surface area contributed by atoms with Crippen LogP contribution in [0.1, 0.15) is 36.4 Å². The number of allylic oxidation sites excluding steroid dienone is 2. The van der Waals surface area contributed by atoms with Gasteiger partial charge in [-0.1, -0.05) is 59.1 Å². The Balaban J connectivity index is 1.84. The Hall–Kier alpha value is -1.94. The molecule has 2 aliphatic rings. The highest BCUT2D eigenvalue weighted by molar-refractivity contribution is 6.35. The smallest absolute Gasteiger partial charge is 0.216 e. The molecule has 0 radical (unpaired) electrons. The second kappa shape index (κ2) is 8.83. The van der Waals surface area contributed by atoms with E-state index in [1.54, 1.807) is 11.0 Å². The summed E-state index contributed by atoms with van der Waals surface area (Å²) in [4.78, 5) is 16.4. The van der Waals surface area contributed by atoms with Crippen LogP contribution in [0.15, 0.2) is 60.4 Å². The second-order valence-corrected chi connectivity index (χ2v) is 8.56. The SMILES string of the molecule is O=CN1C(N2CCCCC2)=CC=C(c2ccc(Cl)cc2)C1c1ccc(Cl)cc1Cl. The van der Waals surface area contributed by atoms with E-state index in [1.165, 1.54) is 6.42 Å². The van der Waals surface area contributed by atoms with E-state index in [1.807, 2.05) is 42.5 Å². The molecule has 2 aliphatic heterocycles. The number of benzene rings is 2. The molecule has 0 aliphatic carbocycles. The molecular weight excluding hydrogens is 427 g/mol. The number of carbonyl (C=O) groups excluding carboxylic acids is 1.